The first-order chi connectivity index (χ1) is 13.4. The maximum absolute atomic E-state index is 12.6. The molecule has 3 aromatic rings. The van der Waals surface area contributed by atoms with Crippen molar-refractivity contribution in [1.82, 2.24) is 4.98 Å². The molecule has 5 heteroatoms. The van der Waals surface area contributed by atoms with Crippen molar-refractivity contribution in [2.24, 2.45) is 0 Å². The molecule has 28 heavy (non-hydrogen) atoms. The van der Waals surface area contributed by atoms with E-state index < -0.39 is 0 Å². The molecule has 0 fully saturated rings. The molecular weight excluding hydrogens is 368 g/mol. The van der Waals surface area contributed by atoms with Crippen LogP contribution in [0.2, 0.25) is 0 Å². The number of rotatable bonds is 3. The van der Waals surface area contributed by atoms with Gasteiger partial charge in [0.15, 0.2) is 10.9 Å². The molecule has 0 bridgehead atoms. The van der Waals surface area contributed by atoms with Gasteiger partial charge in [-0.25, -0.2) is 4.98 Å². The molecule has 1 aromatic heterocycles. The van der Waals surface area contributed by atoms with Crippen molar-refractivity contribution >= 4 is 39.9 Å². The van der Waals surface area contributed by atoms with E-state index in [0.717, 1.165) is 28.0 Å². The molecule has 0 spiro atoms. The number of anilines is 2. The maximum Gasteiger partial charge on any atom is 0.230 e. The summed E-state index contributed by atoms with van der Waals surface area (Å²) < 4.78 is 0. The molecule has 1 amide bonds. The fraction of sp³-hybridized carbons (Fsp3) is 0.174. The van der Waals surface area contributed by atoms with E-state index in [1.165, 1.54) is 23.8 Å². The quantitative estimate of drug-likeness (QED) is 0.575. The molecule has 140 valence electrons. The summed E-state index contributed by atoms with van der Waals surface area (Å²) in [5.41, 5.74) is 6.35. The monoisotopic (exact) mass is 388 g/mol. The highest BCUT2D eigenvalue weighted by molar-refractivity contribution is 7.14. The lowest BCUT2D eigenvalue weighted by Gasteiger charge is -2.19. The molecule has 0 aliphatic heterocycles. The number of allylic oxidation sites excluding steroid dienone is 1. The van der Waals surface area contributed by atoms with Crippen LogP contribution in [0.5, 0.6) is 0 Å². The van der Waals surface area contributed by atoms with Gasteiger partial charge in [0.05, 0.1) is 11.4 Å². The van der Waals surface area contributed by atoms with E-state index in [1.807, 2.05) is 67.8 Å². The van der Waals surface area contributed by atoms with E-state index in [0.29, 0.717) is 17.2 Å². The van der Waals surface area contributed by atoms with Gasteiger partial charge in [0.25, 0.3) is 0 Å². The molecule has 0 saturated carbocycles. The number of fused-ring (bicyclic) bond motifs is 1. The Hall–Kier alpha value is -3.05. The Balaban J connectivity index is 1.66. The largest absolute Gasteiger partial charge is 0.289 e. The standard InChI is InChI=1S/C23H20N2O2S/c1-14-8-9-20(10-15(14)2)25(16(3)26)23-24-19(13-28-23)12-18-11-17-6-4-5-7-21(17)22(18)27/h4-10,12-13H,11H2,1-3H3/b18-12+. The number of aromatic nitrogens is 1. The Kier molecular flexibility index (Phi) is 4.69. The van der Waals surface area contributed by atoms with Crippen LogP contribution in [-0.2, 0) is 11.2 Å². The minimum Gasteiger partial charge on any atom is -0.289 e. The van der Waals surface area contributed by atoms with E-state index in [2.05, 4.69) is 4.98 Å². The van der Waals surface area contributed by atoms with Crippen molar-refractivity contribution in [3.8, 4) is 0 Å². The lowest BCUT2D eigenvalue weighted by Crippen LogP contribution is -2.22. The first-order valence-electron chi connectivity index (χ1n) is 9.10. The molecule has 0 atom stereocenters. The predicted molar refractivity (Wildman–Crippen MR) is 113 cm³/mol. The molecule has 1 heterocycles. The number of benzene rings is 2. The highest BCUT2D eigenvalue weighted by atomic mass is 32.1. The van der Waals surface area contributed by atoms with Crippen molar-refractivity contribution in [3.05, 3.63) is 81.4 Å². The molecule has 0 saturated heterocycles. The van der Waals surface area contributed by atoms with Gasteiger partial charge in [-0.15, -0.1) is 11.3 Å². The summed E-state index contributed by atoms with van der Waals surface area (Å²) in [6.07, 6.45) is 2.45. The minimum absolute atomic E-state index is 0.0581. The van der Waals surface area contributed by atoms with Crippen molar-refractivity contribution < 1.29 is 9.59 Å². The number of carbonyl (C=O) groups excluding carboxylic acids is 2. The van der Waals surface area contributed by atoms with Gasteiger partial charge < -0.3 is 0 Å². The number of hydrogen-bond acceptors (Lipinski definition) is 4. The van der Waals surface area contributed by atoms with Crippen LogP contribution in [-0.4, -0.2) is 16.7 Å². The van der Waals surface area contributed by atoms with Gasteiger partial charge in [0, 0.05) is 29.9 Å². The van der Waals surface area contributed by atoms with Gasteiger partial charge in [-0.05, 0) is 48.7 Å². The molecular formula is C23H20N2O2S. The first-order valence-corrected chi connectivity index (χ1v) is 9.98. The van der Waals surface area contributed by atoms with Crippen LogP contribution < -0.4 is 4.90 Å². The summed E-state index contributed by atoms with van der Waals surface area (Å²) in [6, 6.07) is 13.6. The molecule has 0 unspecified atom stereocenters. The summed E-state index contributed by atoms with van der Waals surface area (Å²) in [5, 5.41) is 2.49. The summed E-state index contributed by atoms with van der Waals surface area (Å²) in [5.74, 6) is -0.0381. The van der Waals surface area contributed by atoms with Crippen molar-refractivity contribution in [3.63, 3.8) is 0 Å². The summed E-state index contributed by atoms with van der Waals surface area (Å²) in [7, 11) is 0. The van der Waals surface area contributed by atoms with Crippen LogP contribution in [0, 0.1) is 13.8 Å². The third-order valence-electron chi connectivity index (χ3n) is 5.02. The Morgan fingerprint density at radius 3 is 2.64 bits per heavy atom. The molecule has 0 N–H and O–H groups in total. The highest BCUT2D eigenvalue weighted by Gasteiger charge is 2.25. The average Bonchev–Trinajstić information content (AvgIpc) is 3.24. The number of nitrogens with zero attached hydrogens (tertiary/aromatic N) is 2. The van der Waals surface area contributed by atoms with Crippen molar-refractivity contribution in [2.45, 2.75) is 27.2 Å². The normalized spacial score (nSPS) is 14.4. The summed E-state index contributed by atoms with van der Waals surface area (Å²) in [4.78, 5) is 31.1. The van der Waals surface area contributed by atoms with Gasteiger partial charge in [-0.3, -0.25) is 14.5 Å². The topological polar surface area (TPSA) is 50.3 Å². The number of thiazole rings is 1. The predicted octanol–water partition coefficient (Wildman–Crippen LogP) is 5.27. The lowest BCUT2D eigenvalue weighted by molar-refractivity contribution is -0.115. The van der Waals surface area contributed by atoms with Gasteiger partial charge in [-0.1, -0.05) is 30.3 Å². The van der Waals surface area contributed by atoms with E-state index in [9.17, 15) is 9.59 Å². The molecule has 1 aliphatic carbocycles. The molecule has 0 radical (unpaired) electrons. The summed E-state index contributed by atoms with van der Waals surface area (Å²) in [6.45, 7) is 5.60. The van der Waals surface area contributed by atoms with E-state index in [1.54, 1.807) is 4.90 Å². The van der Waals surface area contributed by atoms with E-state index >= 15 is 0 Å². The zero-order valence-corrected chi connectivity index (χ0v) is 16.8. The number of Topliss-reactive ketones (excluding diaryl/α,β-unsaturated/α-hetero) is 1. The maximum atomic E-state index is 12.6. The second kappa shape index (κ2) is 7.17. The second-order valence-corrected chi connectivity index (χ2v) is 7.85. The van der Waals surface area contributed by atoms with Gasteiger partial charge in [0.1, 0.15) is 0 Å². The van der Waals surface area contributed by atoms with Crippen LogP contribution in [0.3, 0.4) is 0 Å². The Morgan fingerprint density at radius 2 is 1.93 bits per heavy atom. The highest BCUT2D eigenvalue weighted by Crippen LogP contribution is 2.32. The van der Waals surface area contributed by atoms with Crippen LogP contribution >= 0.6 is 11.3 Å². The van der Waals surface area contributed by atoms with Gasteiger partial charge in [-0.2, -0.15) is 0 Å². The number of carbonyl (C=O) groups is 2. The smallest absolute Gasteiger partial charge is 0.230 e. The Labute approximate surface area is 168 Å². The van der Waals surface area contributed by atoms with Crippen molar-refractivity contribution in [1.29, 1.82) is 0 Å². The Morgan fingerprint density at radius 1 is 1.14 bits per heavy atom. The minimum atomic E-state index is -0.0962. The molecule has 4 nitrogen and oxygen atoms in total. The zero-order valence-electron chi connectivity index (χ0n) is 16.0. The van der Waals surface area contributed by atoms with Crippen LogP contribution in [0.4, 0.5) is 10.8 Å². The summed E-state index contributed by atoms with van der Waals surface area (Å²) >= 11 is 1.40. The fourth-order valence-corrected chi connectivity index (χ4v) is 4.23. The first kappa shape index (κ1) is 18.3. The SMILES string of the molecule is CC(=O)N(c1ccc(C)c(C)c1)c1nc(/C=C2\Cc3ccccc3C2=O)cs1. The number of hydrogen-bond donors (Lipinski definition) is 0. The Bertz CT molecular complexity index is 1130. The average molecular weight is 388 g/mol. The number of ketones is 1. The van der Waals surface area contributed by atoms with Crippen molar-refractivity contribution in [2.75, 3.05) is 4.90 Å². The lowest BCUT2D eigenvalue weighted by atomic mass is 10.1. The second-order valence-electron chi connectivity index (χ2n) is 7.01. The molecule has 2 aromatic carbocycles. The van der Waals surface area contributed by atoms with E-state index in [-0.39, 0.29) is 11.7 Å². The number of amides is 1. The van der Waals surface area contributed by atoms with Crippen LogP contribution in [0.15, 0.2) is 53.4 Å². The molecule has 1 aliphatic rings. The fourth-order valence-electron chi connectivity index (χ4n) is 3.39. The van der Waals surface area contributed by atoms with Gasteiger partial charge >= 0.3 is 0 Å². The third-order valence-corrected chi connectivity index (χ3v) is 5.87. The van der Waals surface area contributed by atoms with Gasteiger partial charge in [0.2, 0.25) is 5.91 Å². The van der Waals surface area contributed by atoms with E-state index in [4.69, 9.17) is 0 Å². The zero-order chi connectivity index (χ0) is 19.8. The molecule has 4 rings (SSSR count). The third kappa shape index (κ3) is 3.29. The van der Waals surface area contributed by atoms with Crippen LogP contribution in [0.25, 0.3) is 6.08 Å². The number of aryl methyl sites for hydroxylation is 2. The van der Waals surface area contributed by atoms with Crippen LogP contribution in [0.1, 0.15) is 39.7 Å².